The van der Waals surface area contributed by atoms with Crippen molar-refractivity contribution in [2.45, 2.75) is 24.9 Å². The zero-order valence-electron chi connectivity index (χ0n) is 23.6. The topological polar surface area (TPSA) is 65.3 Å². The Labute approximate surface area is 240 Å². The molecule has 9 nitrogen and oxygen atoms in total. The van der Waals surface area contributed by atoms with Crippen LogP contribution < -0.4 is 9.80 Å². The molecule has 10 heteroatoms. The predicted octanol–water partition coefficient (Wildman–Crippen LogP) is 3.72. The third kappa shape index (κ3) is 5.39. The van der Waals surface area contributed by atoms with Crippen molar-refractivity contribution in [3.8, 4) is 11.4 Å². The van der Waals surface area contributed by atoms with E-state index in [4.69, 9.17) is 14.8 Å². The van der Waals surface area contributed by atoms with E-state index in [0.29, 0.717) is 25.8 Å². The maximum absolute atomic E-state index is 14.0. The first kappa shape index (κ1) is 26.3. The average molecular weight is 557 g/mol. The summed E-state index contributed by atoms with van der Waals surface area (Å²) < 4.78 is 21.7. The summed E-state index contributed by atoms with van der Waals surface area (Å²) in [6, 6.07) is 17.5. The second kappa shape index (κ2) is 11.3. The lowest BCUT2D eigenvalue weighted by Gasteiger charge is -2.42. The summed E-state index contributed by atoms with van der Waals surface area (Å²) in [5.74, 6) is 1.55. The Morgan fingerprint density at radius 2 is 1.71 bits per heavy atom. The molecular formula is C31H37FN8O. The van der Waals surface area contributed by atoms with Crippen LogP contribution >= 0.6 is 0 Å². The number of aromatic nitrogens is 4. The molecule has 3 saturated heterocycles. The molecule has 1 aromatic carbocycles. The largest absolute Gasteiger partial charge is 0.377 e. The van der Waals surface area contributed by atoms with Gasteiger partial charge in [0.25, 0.3) is 0 Å². The van der Waals surface area contributed by atoms with Crippen LogP contribution in [0, 0.1) is 5.82 Å². The highest BCUT2D eigenvalue weighted by Crippen LogP contribution is 2.30. The number of rotatable bonds is 5. The van der Waals surface area contributed by atoms with Crippen LogP contribution in [0.5, 0.6) is 0 Å². The van der Waals surface area contributed by atoms with Crippen molar-refractivity contribution in [2.75, 3.05) is 75.9 Å². The molecule has 3 aliphatic heterocycles. The molecule has 0 bridgehead atoms. The van der Waals surface area contributed by atoms with Crippen molar-refractivity contribution in [3.63, 3.8) is 0 Å². The van der Waals surface area contributed by atoms with E-state index < -0.39 is 0 Å². The number of hydrogen-bond acceptors (Lipinski definition) is 8. The lowest BCUT2D eigenvalue weighted by Crippen LogP contribution is -2.53. The van der Waals surface area contributed by atoms with Gasteiger partial charge in [0.05, 0.1) is 31.1 Å². The average Bonchev–Trinajstić information content (AvgIpc) is 3.45. The summed E-state index contributed by atoms with van der Waals surface area (Å²) in [5, 5.41) is 5.01. The maximum Gasteiger partial charge on any atom is 0.154 e. The smallest absolute Gasteiger partial charge is 0.154 e. The number of nitrogens with zero attached hydrogens (tertiary/aromatic N) is 8. The quantitative estimate of drug-likeness (QED) is 0.369. The zero-order chi connectivity index (χ0) is 27.8. The Morgan fingerprint density at radius 1 is 0.878 bits per heavy atom. The number of morpholine rings is 1. The molecule has 3 aliphatic rings. The van der Waals surface area contributed by atoms with E-state index in [2.05, 4.69) is 43.8 Å². The van der Waals surface area contributed by atoms with Gasteiger partial charge in [-0.3, -0.25) is 4.90 Å². The van der Waals surface area contributed by atoms with Gasteiger partial charge in [-0.25, -0.2) is 18.9 Å². The predicted molar refractivity (Wildman–Crippen MR) is 158 cm³/mol. The normalized spacial score (nSPS) is 21.6. The number of anilines is 2. The molecule has 1 atom stereocenters. The number of halogens is 1. The monoisotopic (exact) mass is 556 g/mol. The fraction of sp³-hybridized carbons (Fsp3) is 0.452. The molecule has 3 aromatic heterocycles. The number of pyridine rings is 1. The highest BCUT2D eigenvalue weighted by Gasteiger charge is 2.28. The molecule has 214 valence electrons. The number of piperazine rings is 1. The second-order valence-corrected chi connectivity index (χ2v) is 11.4. The summed E-state index contributed by atoms with van der Waals surface area (Å²) in [5.41, 5.74) is 3.34. The first-order chi connectivity index (χ1) is 20.1. The van der Waals surface area contributed by atoms with Crippen molar-refractivity contribution in [1.29, 1.82) is 0 Å². The first-order valence-corrected chi connectivity index (χ1v) is 14.7. The molecule has 7 rings (SSSR count). The summed E-state index contributed by atoms with van der Waals surface area (Å²) in [7, 11) is 2.22. The van der Waals surface area contributed by atoms with Crippen LogP contribution in [0.4, 0.5) is 16.0 Å². The molecule has 3 fully saturated rings. The molecule has 1 unspecified atom stereocenters. The Balaban J connectivity index is 1.12. The van der Waals surface area contributed by atoms with Crippen molar-refractivity contribution in [3.05, 3.63) is 72.2 Å². The van der Waals surface area contributed by atoms with Gasteiger partial charge in [-0.2, -0.15) is 0 Å². The van der Waals surface area contributed by atoms with Crippen LogP contribution in [0.25, 0.3) is 17.0 Å². The number of ether oxygens (including phenoxy) is 1. The van der Waals surface area contributed by atoms with Gasteiger partial charge in [-0.1, -0.05) is 18.2 Å². The molecule has 0 aliphatic carbocycles. The number of likely N-dealkylation sites (tertiary alicyclic amines) is 1. The number of piperidine rings is 1. The number of hydrogen-bond donors (Lipinski definition) is 0. The van der Waals surface area contributed by atoms with Crippen molar-refractivity contribution >= 4 is 17.3 Å². The van der Waals surface area contributed by atoms with E-state index in [1.54, 1.807) is 12.1 Å². The molecule has 41 heavy (non-hydrogen) atoms. The van der Waals surface area contributed by atoms with Gasteiger partial charge in [0.15, 0.2) is 5.65 Å². The standard InChI is InChI=1S/C31H37FN8O/c1-36-12-10-25(11-13-36)37-14-16-38(17-15-37)30-7-3-6-26(34-30)27-21-33-29-8-9-31(35-40(27)29)39-18-19-41-22-28(39)23-4-2-5-24(32)20-23/h2-9,20-21,25,28H,10-19,22H2,1H3. The van der Waals surface area contributed by atoms with E-state index in [1.807, 2.05) is 35.0 Å². The summed E-state index contributed by atoms with van der Waals surface area (Å²) in [6.45, 7) is 8.25. The number of imidazole rings is 1. The van der Waals surface area contributed by atoms with Gasteiger partial charge in [-0.15, -0.1) is 5.10 Å². The summed E-state index contributed by atoms with van der Waals surface area (Å²) in [6.07, 6.45) is 4.38. The second-order valence-electron chi connectivity index (χ2n) is 11.4. The number of benzene rings is 1. The van der Waals surface area contributed by atoms with E-state index in [0.717, 1.165) is 60.4 Å². The minimum Gasteiger partial charge on any atom is -0.377 e. The fourth-order valence-electron chi connectivity index (χ4n) is 6.48. The third-order valence-electron chi connectivity index (χ3n) is 8.84. The molecule has 0 N–H and O–H groups in total. The van der Waals surface area contributed by atoms with Gasteiger partial charge in [0, 0.05) is 38.8 Å². The van der Waals surface area contributed by atoms with Crippen molar-refractivity contribution in [2.24, 2.45) is 0 Å². The molecule has 4 aromatic rings. The zero-order valence-corrected chi connectivity index (χ0v) is 23.6. The van der Waals surface area contributed by atoms with Crippen molar-refractivity contribution in [1.82, 2.24) is 29.4 Å². The highest BCUT2D eigenvalue weighted by atomic mass is 19.1. The molecule has 6 heterocycles. The van der Waals surface area contributed by atoms with E-state index in [9.17, 15) is 4.39 Å². The van der Waals surface area contributed by atoms with Gasteiger partial charge in [0.1, 0.15) is 23.1 Å². The Bertz CT molecular complexity index is 1490. The van der Waals surface area contributed by atoms with E-state index in [1.165, 1.54) is 32.0 Å². The van der Waals surface area contributed by atoms with Gasteiger partial charge in [-0.05, 0) is 74.9 Å². The lowest BCUT2D eigenvalue weighted by atomic mass is 10.0. The maximum atomic E-state index is 14.0. The molecular weight excluding hydrogens is 519 g/mol. The SMILES string of the molecule is CN1CCC(N2CCN(c3cccc(-c4cnc5ccc(N6CCOCC6c6cccc(F)c6)nn45)n3)CC2)CC1. The van der Waals surface area contributed by atoms with Crippen LogP contribution in [0.1, 0.15) is 24.4 Å². The van der Waals surface area contributed by atoms with Crippen LogP contribution in [0.3, 0.4) is 0 Å². The van der Waals surface area contributed by atoms with Crippen LogP contribution in [0.15, 0.2) is 60.8 Å². The van der Waals surface area contributed by atoms with Crippen LogP contribution in [-0.2, 0) is 4.74 Å². The molecule has 0 radical (unpaired) electrons. The van der Waals surface area contributed by atoms with Crippen LogP contribution in [0.2, 0.25) is 0 Å². The van der Waals surface area contributed by atoms with Crippen LogP contribution in [-0.4, -0.2) is 101 Å². The highest BCUT2D eigenvalue weighted by molar-refractivity contribution is 5.62. The van der Waals surface area contributed by atoms with Gasteiger partial charge >= 0.3 is 0 Å². The first-order valence-electron chi connectivity index (χ1n) is 14.7. The lowest BCUT2D eigenvalue weighted by molar-refractivity contribution is 0.0935. The molecule has 0 amide bonds. The summed E-state index contributed by atoms with van der Waals surface area (Å²) in [4.78, 5) is 19.4. The van der Waals surface area contributed by atoms with Gasteiger partial charge < -0.3 is 19.4 Å². The minimum atomic E-state index is -0.248. The third-order valence-corrected chi connectivity index (χ3v) is 8.84. The van der Waals surface area contributed by atoms with E-state index >= 15 is 0 Å². The minimum absolute atomic E-state index is 0.119. The fourth-order valence-corrected chi connectivity index (χ4v) is 6.48. The van der Waals surface area contributed by atoms with E-state index in [-0.39, 0.29) is 11.9 Å². The van der Waals surface area contributed by atoms with Gasteiger partial charge in [0.2, 0.25) is 0 Å². The molecule has 0 saturated carbocycles. The Kier molecular flexibility index (Phi) is 7.28. The molecule has 0 spiro atoms. The Morgan fingerprint density at radius 3 is 2.54 bits per heavy atom. The number of fused-ring (bicyclic) bond motifs is 1. The Hall–Kier alpha value is -3.60. The van der Waals surface area contributed by atoms with Crippen molar-refractivity contribution < 1.29 is 9.13 Å². The summed E-state index contributed by atoms with van der Waals surface area (Å²) >= 11 is 0.